The molecule has 0 amide bonds. The largest absolute Gasteiger partial charge is 0.383 e. The smallest absolute Gasteiger partial charge is 0.260 e. The van der Waals surface area contributed by atoms with Crippen LogP contribution in [0.3, 0.4) is 0 Å². The van der Waals surface area contributed by atoms with Crippen LogP contribution in [0.5, 0.6) is 0 Å². The number of nitrogens with zero attached hydrogens (tertiary/aromatic N) is 2. The zero-order valence-electron chi connectivity index (χ0n) is 12.8. The second-order valence-electron chi connectivity index (χ2n) is 5.58. The predicted octanol–water partition coefficient (Wildman–Crippen LogP) is 0.707. The normalized spacial score (nSPS) is 16.0. The lowest BCUT2D eigenvalue weighted by molar-refractivity contribution is 0.170. The third kappa shape index (κ3) is 4.03. The van der Waals surface area contributed by atoms with Crippen molar-refractivity contribution in [3.63, 3.8) is 0 Å². The molecule has 1 aromatic heterocycles. The third-order valence-electron chi connectivity index (χ3n) is 3.50. The molecule has 0 spiro atoms. The Kier molecular flexibility index (Phi) is 5.37. The summed E-state index contributed by atoms with van der Waals surface area (Å²) in [5.41, 5.74) is 0.685. The summed E-state index contributed by atoms with van der Waals surface area (Å²) in [7, 11) is -2.03. The molecule has 0 radical (unpaired) electrons. The Hall–Kier alpha value is -0.960. The zero-order chi connectivity index (χ0) is 15.5. The van der Waals surface area contributed by atoms with Crippen LogP contribution >= 0.6 is 0 Å². The van der Waals surface area contributed by atoms with E-state index < -0.39 is 10.0 Å². The highest BCUT2D eigenvalue weighted by Gasteiger charge is 2.31. The Balaban J connectivity index is 2.17. The first-order valence-corrected chi connectivity index (χ1v) is 8.67. The van der Waals surface area contributed by atoms with Crippen molar-refractivity contribution in [2.75, 3.05) is 20.3 Å². The topological polar surface area (TPSA) is 87.3 Å². The molecular weight excluding hydrogens is 292 g/mol. The zero-order valence-corrected chi connectivity index (χ0v) is 13.6. The van der Waals surface area contributed by atoms with Gasteiger partial charge in [0.05, 0.1) is 12.8 Å². The molecule has 0 bridgehead atoms. The van der Waals surface area contributed by atoms with Gasteiger partial charge in [0.25, 0.3) is 10.0 Å². The van der Waals surface area contributed by atoms with Gasteiger partial charge < -0.3 is 10.1 Å². The molecule has 120 valence electrons. The Bertz CT molecular complexity index is 552. The molecule has 1 heterocycles. The number of rotatable bonds is 9. The van der Waals surface area contributed by atoms with E-state index in [9.17, 15) is 8.42 Å². The first kappa shape index (κ1) is 16.4. The molecule has 1 aliphatic carbocycles. The van der Waals surface area contributed by atoms with Crippen LogP contribution in [0.2, 0.25) is 0 Å². The van der Waals surface area contributed by atoms with Crippen LogP contribution in [-0.4, -0.2) is 55.3 Å². The first-order chi connectivity index (χ1) is 9.96. The number of H-pyrrole nitrogens is 1. The number of sulfonamides is 1. The van der Waals surface area contributed by atoms with E-state index in [2.05, 4.69) is 15.5 Å². The second-order valence-corrected chi connectivity index (χ2v) is 7.41. The number of ether oxygens (including phenoxy) is 1. The van der Waals surface area contributed by atoms with Crippen LogP contribution in [0.1, 0.15) is 32.3 Å². The number of aromatic amines is 1. The quantitative estimate of drug-likeness (QED) is 0.700. The van der Waals surface area contributed by atoms with Gasteiger partial charge in [0, 0.05) is 37.8 Å². The first-order valence-electron chi connectivity index (χ1n) is 7.23. The van der Waals surface area contributed by atoms with Crippen LogP contribution in [0.25, 0.3) is 0 Å². The molecule has 0 aromatic carbocycles. The monoisotopic (exact) mass is 316 g/mol. The van der Waals surface area contributed by atoms with E-state index in [-0.39, 0.29) is 11.1 Å². The molecule has 1 saturated carbocycles. The molecule has 0 saturated heterocycles. The molecule has 7 nitrogen and oxygen atoms in total. The van der Waals surface area contributed by atoms with Crippen molar-refractivity contribution in [3.8, 4) is 0 Å². The van der Waals surface area contributed by atoms with Crippen LogP contribution in [0.4, 0.5) is 0 Å². The summed E-state index contributed by atoms with van der Waals surface area (Å²) in [6, 6.07) is 0.378. The van der Waals surface area contributed by atoms with E-state index in [1.54, 1.807) is 13.3 Å². The molecule has 2 N–H and O–H groups in total. The minimum atomic E-state index is -3.59. The van der Waals surface area contributed by atoms with E-state index >= 15 is 0 Å². The van der Waals surface area contributed by atoms with Gasteiger partial charge in [-0.2, -0.15) is 9.40 Å². The molecule has 0 unspecified atom stereocenters. The van der Waals surface area contributed by atoms with Crippen molar-refractivity contribution in [2.24, 2.45) is 0 Å². The summed E-state index contributed by atoms with van der Waals surface area (Å²) < 4.78 is 32.0. The van der Waals surface area contributed by atoms with E-state index in [0.717, 1.165) is 12.8 Å². The SMILES string of the molecule is COCCN(C(C)C)S(=O)(=O)c1[nH]ncc1CNC1CC1. The Morgan fingerprint density at radius 3 is 2.81 bits per heavy atom. The third-order valence-corrected chi connectivity index (χ3v) is 5.59. The van der Waals surface area contributed by atoms with Gasteiger partial charge in [0.1, 0.15) is 0 Å². The highest BCUT2D eigenvalue weighted by atomic mass is 32.2. The fourth-order valence-electron chi connectivity index (χ4n) is 2.14. The minimum absolute atomic E-state index is 0.141. The highest BCUT2D eigenvalue weighted by molar-refractivity contribution is 7.89. The lowest BCUT2D eigenvalue weighted by atomic mass is 10.3. The van der Waals surface area contributed by atoms with Crippen LogP contribution < -0.4 is 5.32 Å². The van der Waals surface area contributed by atoms with E-state index in [4.69, 9.17) is 4.74 Å². The minimum Gasteiger partial charge on any atom is -0.383 e. The van der Waals surface area contributed by atoms with Crippen LogP contribution in [-0.2, 0) is 21.3 Å². The maximum atomic E-state index is 12.8. The van der Waals surface area contributed by atoms with Gasteiger partial charge in [0.2, 0.25) is 0 Å². The molecule has 8 heteroatoms. The summed E-state index contributed by atoms with van der Waals surface area (Å²) in [4.78, 5) is 0. The van der Waals surface area contributed by atoms with Crippen molar-refractivity contribution in [1.29, 1.82) is 0 Å². The van der Waals surface area contributed by atoms with Crippen molar-refractivity contribution >= 4 is 10.0 Å². The molecule has 1 aliphatic rings. The van der Waals surface area contributed by atoms with Gasteiger partial charge in [-0.15, -0.1) is 0 Å². The molecule has 1 fully saturated rings. The average molecular weight is 316 g/mol. The Morgan fingerprint density at radius 2 is 2.24 bits per heavy atom. The van der Waals surface area contributed by atoms with Gasteiger partial charge in [-0.05, 0) is 26.7 Å². The predicted molar refractivity (Wildman–Crippen MR) is 79.4 cm³/mol. The number of aromatic nitrogens is 2. The number of hydrogen-bond acceptors (Lipinski definition) is 5. The van der Waals surface area contributed by atoms with E-state index in [1.165, 1.54) is 4.31 Å². The maximum Gasteiger partial charge on any atom is 0.260 e. The van der Waals surface area contributed by atoms with Gasteiger partial charge in [-0.25, -0.2) is 8.42 Å². The maximum absolute atomic E-state index is 12.8. The Morgan fingerprint density at radius 1 is 1.52 bits per heavy atom. The average Bonchev–Trinajstić information content (AvgIpc) is 3.12. The lowest BCUT2D eigenvalue weighted by Gasteiger charge is -2.25. The summed E-state index contributed by atoms with van der Waals surface area (Å²) in [6.07, 6.45) is 3.90. The van der Waals surface area contributed by atoms with E-state index in [0.29, 0.717) is 31.3 Å². The van der Waals surface area contributed by atoms with Gasteiger partial charge >= 0.3 is 0 Å². The summed E-state index contributed by atoms with van der Waals surface area (Å²) >= 11 is 0. The fraction of sp³-hybridized carbons (Fsp3) is 0.769. The standard InChI is InChI=1S/C13H24N4O3S/c1-10(2)17(6-7-20-3)21(18,19)13-11(9-15-16-13)8-14-12-4-5-12/h9-10,12,14H,4-8H2,1-3H3,(H,15,16). The Labute approximate surface area is 126 Å². The van der Waals surface area contributed by atoms with E-state index in [1.807, 2.05) is 13.8 Å². The van der Waals surface area contributed by atoms with Crippen molar-refractivity contribution in [2.45, 2.75) is 50.3 Å². The van der Waals surface area contributed by atoms with Crippen LogP contribution in [0.15, 0.2) is 11.2 Å². The summed E-state index contributed by atoms with van der Waals surface area (Å²) in [5, 5.41) is 10.0. The van der Waals surface area contributed by atoms with Gasteiger partial charge in [-0.3, -0.25) is 5.10 Å². The molecule has 0 aliphatic heterocycles. The molecule has 1 aromatic rings. The summed E-state index contributed by atoms with van der Waals surface area (Å²) in [6.45, 7) is 4.91. The second kappa shape index (κ2) is 6.87. The van der Waals surface area contributed by atoms with Crippen molar-refractivity contribution in [1.82, 2.24) is 19.8 Å². The summed E-state index contributed by atoms with van der Waals surface area (Å²) in [5.74, 6) is 0. The highest BCUT2D eigenvalue weighted by Crippen LogP contribution is 2.22. The molecule has 0 atom stereocenters. The molecular formula is C13H24N4O3S. The fourth-order valence-corrected chi connectivity index (χ4v) is 3.87. The van der Waals surface area contributed by atoms with Crippen molar-refractivity contribution < 1.29 is 13.2 Å². The van der Waals surface area contributed by atoms with Crippen LogP contribution in [0, 0.1) is 0 Å². The van der Waals surface area contributed by atoms with Gasteiger partial charge in [0.15, 0.2) is 5.03 Å². The molecule has 2 rings (SSSR count). The van der Waals surface area contributed by atoms with Gasteiger partial charge in [-0.1, -0.05) is 0 Å². The number of methoxy groups -OCH3 is 1. The number of hydrogen-bond donors (Lipinski definition) is 2. The van der Waals surface area contributed by atoms with Crippen molar-refractivity contribution in [3.05, 3.63) is 11.8 Å². The lowest BCUT2D eigenvalue weighted by Crippen LogP contribution is -2.40. The number of nitrogens with one attached hydrogen (secondary N) is 2. The molecule has 21 heavy (non-hydrogen) atoms.